The van der Waals surface area contributed by atoms with E-state index in [1.54, 1.807) is 39.1 Å². The van der Waals surface area contributed by atoms with Gasteiger partial charge in [0.2, 0.25) is 0 Å². The smallest absolute Gasteiger partial charge is 0.413 e. The SMILES string of the molecule is CCCC(CC)C(O)c1ccc(NC(=O)OC(C)(C)C)nc1. The van der Waals surface area contributed by atoms with E-state index in [1.807, 2.05) is 0 Å². The minimum absolute atomic E-state index is 0.233. The fourth-order valence-electron chi connectivity index (χ4n) is 2.29. The number of aliphatic hydroxyl groups is 1. The van der Waals surface area contributed by atoms with Crippen LogP contribution >= 0.6 is 0 Å². The van der Waals surface area contributed by atoms with E-state index in [1.165, 1.54) is 0 Å². The van der Waals surface area contributed by atoms with Crippen LogP contribution in [0.5, 0.6) is 0 Å². The van der Waals surface area contributed by atoms with Crippen molar-refractivity contribution >= 4 is 11.9 Å². The Labute approximate surface area is 133 Å². The fourth-order valence-corrected chi connectivity index (χ4v) is 2.29. The highest BCUT2D eigenvalue weighted by atomic mass is 16.6. The number of anilines is 1. The van der Waals surface area contributed by atoms with Gasteiger partial charge in [-0.3, -0.25) is 5.32 Å². The maximum atomic E-state index is 11.7. The molecule has 0 fully saturated rings. The van der Waals surface area contributed by atoms with Crippen LogP contribution < -0.4 is 5.32 Å². The topological polar surface area (TPSA) is 71.5 Å². The Morgan fingerprint density at radius 2 is 2.05 bits per heavy atom. The summed E-state index contributed by atoms with van der Waals surface area (Å²) in [4.78, 5) is 15.8. The lowest BCUT2D eigenvalue weighted by Gasteiger charge is -2.21. The second kappa shape index (κ2) is 8.13. The average Bonchev–Trinajstić information content (AvgIpc) is 2.42. The lowest BCUT2D eigenvalue weighted by molar-refractivity contribution is 0.0635. The molecule has 0 aliphatic heterocycles. The van der Waals surface area contributed by atoms with E-state index in [9.17, 15) is 9.90 Å². The van der Waals surface area contributed by atoms with Crippen LogP contribution in [0.2, 0.25) is 0 Å². The quantitative estimate of drug-likeness (QED) is 0.822. The molecule has 1 aromatic rings. The van der Waals surface area contributed by atoms with Crippen LogP contribution in [0, 0.1) is 5.92 Å². The molecule has 0 saturated heterocycles. The lowest BCUT2D eigenvalue weighted by atomic mass is 9.90. The van der Waals surface area contributed by atoms with Gasteiger partial charge in [-0.1, -0.05) is 32.8 Å². The third-order valence-electron chi connectivity index (χ3n) is 3.39. The maximum absolute atomic E-state index is 11.7. The van der Waals surface area contributed by atoms with Gasteiger partial charge in [-0.15, -0.1) is 0 Å². The van der Waals surface area contributed by atoms with Crippen molar-refractivity contribution in [3.63, 3.8) is 0 Å². The Hall–Kier alpha value is -1.62. The number of ether oxygens (including phenoxy) is 1. The van der Waals surface area contributed by atoms with E-state index >= 15 is 0 Å². The molecule has 1 amide bonds. The number of nitrogens with one attached hydrogen (secondary N) is 1. The Morgan fingerprint density at radius 1 is 1.36 bits per heavy atom. The lowest BCUT2D eigenvalue weighted by Crippen LogP contribution is -2.27. The van der Waals surface area contributed by atoms with Crippen molar-refractivity contribution in [2.45, 2.75) is 65.6 Å². The molecule has 1 aromatic heterocycles. The first-order valence-electron chi connectivity index (χ1n) is 7.90. The molecule has 5 heteroatoms. The van der Waals surface area contributed by atoms with E-state index < -0.39 is 17.8 Å². The van der Waals surface area contributed by atoms with Crippen LogP contribution in [-0.2, 0) is 4.74 Å². The summed E-state index contributed by atoms with van der Waals surface area (Å²) < 4.78 is 5.17. The molecule has 2 N–H and O–H groups in total. The van der Waals surface area contributed by atoms with Gasteiger partial charge in [0.1, 0.15) is 11.4 Å². The molecule has 0 spiro atoms. The van der Waals surface area contributed by atoms with Crippen molar-refractivity contribution in [2.24, 2.45) is 5.92 Å². The molecule has 124 valence electrons. The van der Waals surface area contributed by atoms with E-state index in [0.717, 1.165) is 24.8 Å². The fraction of sp³-hybridized carbons (Fsp3) is 0.647. The normalized spacial score (nSPS) is 14.3. The van der Waals surface area contributed by atoms with Gasteiger partial charge in [-0.2, -0.15) is 0 Å². The number of hydrogen-bond acceptors (Lipinski definition) is 4. The summed E-state index contributed by atoms with van der Waals surface area (Å²) in [6, 6.07) is 3.48. The molecule has 5 nitrogen and oxygen atoms in total. The molecule has 0 aliphatic carbocycles. The molecule has 1 rings (SSSR count). The van der Waals surface area contributed by atoms with Crippen LogP contribution in [-0.4, -0.2) is 21.8 Å². The van der Waals surface area contributed by atoms with E-state index in [0.29, 0.717) is 5.82 Å². The zero-order valence-corrected chi connectivity index (χ0v) is 14.2. The second-order valence-electron chi connectivity index (χ2n) is 6.51. The Morgan fingerprint density at radius 3 is 2.50 bits per heavy atom. The second-order valence-corrected chi connectivity index (χ2v) is 6.51. The van der Waals surface area contributed by atoms with Crippen LogP contribution in [0.15, 0.2) is 18.3 Å². The monoisotopic (exact) mass is 308 g/mol. The molecule has 0 saturated carbocycles. The first kappa shape index (κ1) is 18.4. The van der Waals surface area contributed by atoms with Crippen LogP contribution in [0.25, 0.3) is 0 Å². The van der Waals surface area contributed by atoms with E-state index in [-0.39, 0.29) is 5.92 Å². The Balaban J connectivity index is 2.68. The molecule has 0 aliphatic rings. The average molecular weight is 308 g/mol. The summed E-state index contributed by atoms with van der Waals surface area (Å²) in [5.74, 6) is 0.644. The number of aromatic nitrogens is 1. The minimum atomic E-state index is -0.547. The van der Waals surface area contributed by atoms with Crippen molar-refractivity contribution < 1.29 is 14.6 Å². The summed E-state index contributed by atoms with van der Waals surface area (Å²) in [6.07, 6.45) is 3.50. The predicted octanol–water partition coefficient (Wildman–Crippen LogP) is 4.29. The molecular formula is C17H28N2O3. The standard InChI is InChI=1S/C17H28N2O3/c1-6-8-12(7-2)15(20)13-9-10-14(18-11-13)19-16(21)22-17(3,4)5/h9-12,15,20H,6-8H2,1-5H3,(H,18,19,21). The molecular weight excluding hydrogens is 280 g/mol. The zero-order valence-electron chi connectivity index (χ0n) is 14.2. The highest BCUT2D eigenvalue weighted by molar-refractivity contribution is 5.83. The molecule has 1 heterocycles. The largest absolute Gasteiger partial charge is 0.444 e. The third kappa shape index (κ3) is 6.02. The maximum Gasteiger partial charge on any atom is 0.413 e. The number of aliphatic hydroxyl groups excluding tert-OH is 1. The first-order valence-corrected chi connectivity index (χ1v) is 7.90. The van der Waals surface area contributed by atoms with Crippen LogP contribution in [0.3, 0.4) is 0 Å². The predicted molar refractivity (Wildman–Crippen MR) is 87.7 cm³/mol. The van der Waals surface area contributed by atoms with Crippen molar-refractivity contribution in [3.8, 4) is 0 Å². The Bertz CT molecular complexity index is 466. The molecule has 0 radical (unpaired) electrons. The van der Waals surface area contributed by atoms with Gasteiger partial charge in [0.15, 0.2) is 0 Å². The number of hydrogen-bond donors (Lipinski definition) is 2. The molecule has 0 aromatic carbocycles. The number of carbonyl (C=O) groups excluding carboxylic acids is 1. The number of amides is 1. The van der Waals surface area contributed by atoms with Gasteiger partial charge in [0, 0.05) is 6.20 Å². The van der Waals surface area contributed by atoms with Crippen LogP contribution in [0.4, 0.5) is 10.6 Å². The number of rotatable bonds is 6. The van der Waals surface area contributed by atoms with E-state index in [4.69, 9.17) is 4.74 Å². The number of pyridine rings is 1. The minimum Gasteiger partial charge on any atom is -0.444 e. The van der Waals surface area contributed by atoms with Crippen molar-refractivity contribution in [1.82, 2.24) is 4.98 Å². The summed E-state index contributed by atoms with van der Waals surface area (Å²) in [6.45, 7) is 9.60. The summed E-state index contributed by atoms with van der Waals surface area (Å²) in [7, 11) is 0. The molecule has 0 bridgehead atoms. The van der Waals surface area contributed by atoms with Gasteiger partial charge in [-0.05, 0) is 44.7 Å². The van der Waals surface area contributed by atoms with Gasteiger partial charge >= 0.3 is 6.09 Å². The zero-order chi connectivity index (χ0) is 16.8. The Kier molecular flexibility index (Phi) is 6.81. The van der Waals surface area contributed by atoms with Crippen LogP contribution in [0.1, 0.15) is 65.5 Å². The summed E-state index contributed by atoms with van der Waals surface area (Å²) >= 11 is 0. The molecule has 22 heavy (non-hydrogen) atoms. The van der Waals surface area contributed by atoms with Gasteiger partial charge in [-0.25, -0.2) is 9.78 Å². The van der Waals surface area contributed by atoms with Crippen molar-refractivity contribution in [2.75, 3.05) is 5.32 Å². The highest BCUT2D eigenvalue weighted by Gasteiger charge is 2.19. The number of carbonyl (C=O) groups is 1. The first-order chi connectivity index (χ1) is 10.3. The van der Waals surface area contributed by atoms with Crippen molar-refractivity contribution in [3.05, 3.63) is 23.9 Å². The van der Waals surface area contributed by atoms with Gasteiger partial charge < -0.3 is 9.84 Å². The van der Waals surface area contributed by atoms with Gasteiger partial charge in [0.25, 0.3) is 0 Å². The number of nitrogens with zero attached hydrogens (tertiary/aromatic N) is 1. The molecule has 2 atom stereocenters. The summed E-state index contributed by atoms with van der Waals surface area (Å²) in [5, 5.41) is 13.0. The van der Waals surface area contributed by atoms with Gasteiger partial charge in [0.05, 0.1) is 6.10 Å². The molecule has 2 unspecified atom stereocenters. The third-order valence-corrected chi connectivity index (χ3v) is 3.39. The highest BCUT2D eigenvalue weighted by Crippen LogP contribution is 2.28. The van der Waals surface area contributed by atoms with Crippen molar-refractivity contribution in [1.29, 1.82) is 0 Å². The summed E-state index contributed by atoms with van der Waals surface area (Å²) in [5.41, 5.74) is 0.226. The van der Waals surface area contributed by atoms with E-state index in [2.05, 4.69) is 24.1 Å².